The topological polar surface area (TPSA) is 77.8 Å². The normalized spacial score (nSPS) is 16.9. The van der Waals surface area contributed by atoms with Crippen LogP contribution in [0.15, 0.2) is 6.07 Å². The Labute approximate surface area is 160 Å². The zero-order valence-corrected chi connectivity index (χ0v) is 16.6. The minimum atomic E-state index is 0.0599. The number of nitrogens with one attached hydrogen (secondary N) is 1. The molecule has 0 aliphatic carbocycles. The Kier molecular flexibility index (Phi) is 6.79. The third-order valence-electron chi connectivity index (χ3n) is 5.00. The summed E-state index contributed by atoms with van der Waals surface area (Å²) in [6.45, 7) is 8.79. The van der Waals surface area contributed by atoms with Crippen LogP contribution in [0, 0.1) is 20.8 Å². The lowest BCUT2D eigenvalue weighted by molar-refractivity contribution is -0.121. The van der Waals surface area contributed by atoms with Gasteiger partial charge in [0.2, 0.25) is 5.91 Å². The van der Waals surface area contributed by atoms with Gasteiger partial charge in [0.05, 0.1) is 18.4 Å². The van der Waals surface area contributed by atoms with Crippen molar-refractivity contribution in [3.63, 3.8) is 0 Å². The van der Waals surface area contributed by atoms with Crippen molar-refractivity contribution in [2.45, 2.75) is 59.0 Å². The van der Waals surface area contributed by atoms with Crippen molar-refractivity contribution in [3.05, 3.63) is 28.7 Å². The molecule has 27 heavy (non-hydrogen) atoms. The quantitative estimate of drug-likeness (QED) is 0.682. The standard InChI is InChI=1S/C20H30N4O3/c1-14-12-19-22-15(2)18(16(3)24(19)23-14)7-8-20(25)21-9-5-10-26-13-17-6-4-11-27-17/h12,17H,4-11,13H2,1-3H3,(H,21,25). The molecule has 1 atom stereocenters. The van der Waals surface area contributed by atoms with E-state index in [1.54, 1.807) is 0 Å². The van der Waals surface area contributed by atoms with Crippen LogP contribution in [0.5, 0.6) is 0 Å². The Morgan fingerprint density at radius 2 is 2.26 bits per heavy atom. The summed E-state index contributed by atoms with van der Waals surface area (Å²) >= 11 is 0. The van der Waals surface area contributed by atoms with Crippen LogP contribution in [-0.2, 0) is 20.7 Å². The molecule has 1 amide bonds. The van der Waals surface area contributed by atoms with E-state index in [1.807, 2.05) is 31.4 Å². The van der Waals surface area contributed by atoms with E-state index in [2.05, 4.69) is 15.4 Å². The highest BCUT2D eigenvalue weighted by atomic mass is 16.5. The van der Waals surface area contributed by atoms with E-state index in [9.17, 15) is 4.79 Å². The van der Waals surface area contributed by atoms with Gasteiger partial charge in [0.25, 0.3) is 0 Å². The van der Waals surface area contributed by atoms with Crippen molar-refractivity contribution in [1.82, 2.24) is 19.9 Å². The van der Waals surface area contributed by atoms with Crippen molar-refractivity contribution < 1.29 is 14.3 Å². The second-order valence-electron chi connectivity index (χ2n) is 7.23. The van der Waals surface area contributed by atoms with Gasteiger partial charge in [0.15, 0.2) is 5.65 Å². The number of aryl methyl sites for hydroxylation is 3. The van der Waals surface area contributed by atoms with Gasteiger partial charge in [0, 0.05) is 43.6 Å². The molecule has 148 valence electrons. The first kappa shape index (κ1) is 19.8. The maximum atomic E-state index is 12.1. The van der Waals surface area contributed by atoms with Crippen molar-refractivity contribution in [1.29, 1.82) is 0 Å². The first-order chi connectivity index (χ1) is 13.0. The zero-order valence-electron chi connectivity index (χ0n) is 16.6. The molecule has 0 spiro atoms. The van der Waals surface area contributed by atoms with Gasteiger partial charge in [0.1, 0.15) is 0 Å². The summed E-state index contributed by atoms with van der Waals surface area (Å²) in [5.74, 6) is 0.0599. The average Bonchev–Trinajstić information content (AvgIpc) is 3.27. The molecule has 3 heterocycles. The predicted molar refractivity (Wildman–Crippen MR) is 103 cm³/mol. The Balaban J connectivity index is 1.38. The number of rotatable bonds is 9. The molecule has 1 unspecified atom stereocenters. The molecular formula is C20H30N4O3. The van der Waals surface area contributed by atoms with Crippen LogP contribution in [0.1, 0.15) is 48.3 Å². The van der Waals surface area contributed by atoms with Gasteiger partial charge < -0.3 is 14.8 Å². The molecular weight excluding hydrogens is 344 g/mol. The number of fused-ring (bicyclic) bond motifs is 1. The molecule has 0 aromatic carbocycles. The average molecular weight is 374 g/mol. The van der Waals surface area contributed by atoms with Crippen LogP contribution >= 0.6 is 0 Å². The highest BCUT2D eigenvalue weighted by molar-refractivity contribution is 5.76. The van der Waals surface area contributed by atoms with Gasteiger partial charge in [-0.15, -0.1) is 0 Å². The van der Waals surface area contributed by atoms with Crippen LogP contribution < -0.4 is 5.32 Å². The lowest BCUT2D eigenvalue weighted by Crippen LogP contribution is -2.26. The fourth-order valence-corrected chi connectivity index (χ4v) is 3.52. The fraction of sp³-hybridized carbons (Fsp3) is 0.650. The van der Waals surface area contributed by atoms with Crippen molar-refractivity contribution in [2.24, 2.45) is 0 Å². The summed E-state index contributed by atoms with van der Waals surface area (Å²) in [5, 5.41) is 7.45. The molecule has 7 heteroatoms. The molecule has 1 fully saturated rings. The van der Waals surface area contributed by atoms with Gasteiger partial charge >= 0.3 is 0 Å². The highest BCUT2D eigenvalue weighted by Gasteiger charge is 2.15. The minimum Gasteiger partial charge on any atom is -0.379 e. The molecule has 0 radical (unpaired) electrons. The minimum absolute atomic E-state index is 0.0599. The molecule has 2 aromatic rings. The maximum Gasteiger partial charge on any atom is 0.220 e. The number of carbonyl (C=O) groups excluding carboxylic acids is 1. The number of carbonyl (C=O) groups is 1. The Bertz CT molecular complexity index is 781. The number of nitrogens with zero attached hydrogens (tertiary/aromatic N) is 3. The van der Waals surface area contributed by atoms with Crippen molar-refractivity contribution >= 4 is 11.6 Å². The summed E-state index contributed by atoms with van der Waals surface area (Å²) in [5.41, 5.74) is 4.93. The number of hydrogen-bond donors (Lipinski definition) is 1. The van der Waals surface area contributed by atoms with Gasteiger partial charge in [-0.1, -0.05) is 0 Å². The molecule has 0 bridgehead atoms. The van der Waals surface area contributed by atoms with E-state index in [0.717, 1.165) is 54.2 Å². The van der Waals surface area contributed by atoms with Gasteiger partial charge in [-0.2, -0.15) is 5.10 Å². The molecule has 0 saturated carbocycles. The molecule has 1 N–H and O–H groups in total. The van der Waals surface area contributed by atoms with Crippen LogP contribution in [-0.4, -0.2) is 53.0 Å². The predicted octanol–water partition coefficient (Wildman–Crippen LogP) is 2.29. The first-order valence-corrected chi connectivity index (χ1v) is 9.83. The first-order valence-electron chi connectivity index (χ1n) is 9.83. The third-order valence-corrected chi connectivity index (χ3v) is 5.00. The van der Waals surface area contributed by atoms with Crippen molar-refractivity contribution in [3.8, 4) is 0 Å². The van der Waals surface area contributed by atoms with E-state index >= 15 is 0 Å². The van der Waals surface area contributed by atoms with Gasteiger partial charge in [-0.05, 0) is 52.0 Å². The summed E-state index contributed by atoms with van der Waals surface area (Å²) < 4.78 is 13.0. The molecule has 1 saturated heterocycles. The number of ether oxygens (including phenoxy) is 2. The maximum absolute atomic E-state index is 12.1. The van der Waals surface area contributed by atoms with Crippen LogP contribution in [0.25, 0.3) is 5.65 Å². The van der Waals surface area contributed by atoms with E-state index in [0.29, 0.717) is 32.6 Å². The summed E-state index contributed by atoms with van der Waals surface area (Å²) in [7, 11) is 0. The van der Waals surface area contributed by atoms with Gasteiger partial charge in [-0.3, -0.25) is 4.79 Å². The SMILES string of the molecule is Cc1cc2nc(C)c(CCC(=O)NCCCOCC3CCCO3)c(C)n2n1. The summed E-state index contributed by atoms with van der Waals surface area (Å²) in [4.78, 5) is 16.7. The Morgan fingerprint density at radius 3 is 3.04 bits per heavy atom. The van der Waals surface area contributed by atoms with E-state index in [1.165, 1.54) is 0 Å². The fourth-order valence-electron chi connectivity index (χ4n) is 3.52. The largest absolute Gasteiger partial charge is 0.379 e. The Morgan fingerprint density at radius 1 is 1.41 bits per heavy atom. The Hall–Kier alpha value is -1.99. The van der Waals surface area contributed by atoms with Crippen LogP contribution in [0.4, 0.5) is 0 Å². The molecule has 1 aliphatic heterocycles. The van der Waals surface area contributed by atoms with E-state index in [-0.39, 0.29) is 12.0 Å². The molecule has 1 aliphatic rings. The molecule has 3 rings (SSSR count). The smallest absolute Gasteiger partial charge is 0.220 e. The van der Waals surface area contributed by atoms with Gasteiger partial charge in [-0.25, -0.2) is 9.50 Å². The van der Waals surface area contributed by atoms with Crippen LogP contribution in [0.3, 0.4) is 0 Å². The van der Waals surface area contributed by atoms with Crippen LogP contribution in [0.2, 0.25) is 0 Å². The molecule has 2 aromatic heterocycles. The second kappa shape index (κ2) is 9.28. The third kappa shape index (κ3) is 5.26. The van der Waals surface area contributed by atoms with E-state index < -0.39 is 0 Å². The summed E-state index contributed by atoms with van der Waals surface area (Å²) in [6, 6.07) is 1.97. The number of hydrogen-bond acceptors (Lipinski definition) is 5. The van der Waals surface area contributed by atoms with Crippen molar-refractivity contribution in [2.75, 3.05) is 26.4 Å². The molecule has 7 nitrogen and oxygen atoms in total. The second-order valence-corrected chi connectivity index (χ2v) is 7.23. The highest BCUT2D eigenvalue weighted by Crippen LogP contribution is 2.17. The monoisotopic (exact) mass is 374 g/mol. The number of amides is 1. The lowest BCUT2D eigenvalue weighted by atomic mass is 10.1. The number of aromatic nitrogens is 3. The van der Waals surface area contributed by atoms with E-state index in [4.69, 9.17) is 9.47 Å². The lowest BCUT2D eigenvalue weighted by Gasteiger charge is -2.12. The zero-order chi connectivity index (χ0) is 19.2. The summed E-state index contributed by atoms with van der Waals surface area (Å²) in [6.07, 6.45) is 4.42.